The lowest BCUT2D eigenvalue weighted by molar-refractivity contribution is 0.0593. The number of aromatic nitrogens is 4. The third-order valence-electron chi connectivity index (χ3n) is 8.29. The molecule has 1 saturated carbocycles. The third-order valence-corrected chi connectivity index (χ3v) is 8.29. The number of halogens is 1. The number of carbonyl (C=O) groups is 2. The molecule has 5 heterocycles. The number of imidazole rings is 1. The number of likely N-dealkylation sites (N-methyl/N-ethyl adjacent to an activating group) is 1. The van der Waals surface area contributed by atoms with Gasteiger partial charge in [-0.3, -0.25) is 4.79 Å². The molecule has 3 atom stereocenters. The molecule has 0 radical (unpaired) electrons. The number of rotatable bonds is 6. The van der Waals surface area contributed by atoms with Crippen LogP contribution in [-0.4, -0.2) is 62.2 Å². The van der Waals surface area contributed by atoms with Crippen LogP contribution < -0.4 is 10.2 Å². The summed E-state index contributed by atoms with van der Waals surface area (Å²) in [6.45, 7) is 2.78. The summed E-state index contributed by atoms with van der Waals surface area (Å²) in [4.78, 5) is 34.4. The zero-order valence-electron chi connectivity index (χ0n) is 23.1. The van der Waals surface area contributed by atoms with Gasteiger partial charge in [0.2, 0.25) is 0 Å². The number of fused-ring (bicyclic) bond motifs is 3. The van der Waals surface area contributed by atoms with Crippen molar-refractivity contribution >= 4 is 39.9 Å². The number of amides is 2. The van der Waals surface area contributed by atoms with Crippen LogP contribution in [0.5, 0.6) is 0 Å². The van der Waals surface area contributed by atoms with Crippen molar-refractivity contribution in [3.63, 3.8) is 0 Å². The molecule has 1 aliphatic carbocycles. The van der Waals surface area contributed by atoms with Gasteiger partial charge in [-0.15, -0.1) is 5.10 Å². The van der Waals surface area contributed by atoms with Crippen molar-refractivity contribution in [2.45, 2.75) is 32.0 Å². The summed E-state index contributed by atoms with van der Waals surface area (Å²) in [7, 11) is 1.79. The number of anilines is 2. The Bertz CT molecular complexity index is 1840. The summed E-state index contributed by atoms with van der Waals surface area (Å²) in [6.07, 6.45) is 5.54. The van der Waals surface area contributed by atoms with Gasteiger partial charge in [0.25, 0.3) is 5.91 Å². The standard InChI is InChI=1S/C31H28FN7O3/c1-18-14-38-16-21(13-24(32)29(38)34-18)35-30(40)23-8-9-25(22-10-11-33-36-27(22)23)39-15-20-12-26(39)28(20)37(2)31(41)42-17-19-6-4-3-5-7-19/h3-11,13-14,16,20,26,28H,12,15,17H2,1-2H3,(H,35,40)/t20-,26-,28?/m1/s1. The Hall–Kier alpha value is -5.06. The average Bonchev–Trinajstić information content (AvgIpc) is 3.69. The quantitative estimate of drug-likeness (QED) is 0.315. The number of nitrogens with one attached hydrogen (secondary N) is 1. The van der Waals surface area contributed by atoms with Gasteiger partial charge in [-0.1, -0.05) is 30.3 Å². The molecular weight excluding hydrogens is 537 g/mol. The molecule has 8 rings (SSSR count). The van der Waals surface area contributed by atoms with Crippen LogP contribution in [0.15, 0.2) is 73.2 Å². The van der Waals surface area contributed by atoms with E-state index in [-0.39, 0.29) is 30.4 Å². The minimum Gasteiger partial charge on any atom is -0.445 e. The normalized spacial score (nSPS) is 19.1. The molecule has 212 valence electrons. The number of ether oxygens (including phenoxy) is 1. The summed E-state index contributed by atoms with van der Waals surface area (Å²) >= 11 is 0. The van der Waals surface area contributed by atoms with Crippen LogP contribution in [0.1, 0.15) is 28.0 Å². The number of carbonyl (C=O) groups excluding carboxylic acids is 2. The molecule has 1 N–H and O–H groups in total. The second-order valence-electron chi connectivity index (χ2n) is 10.9. The number of aryl methyl sites for hydroxylation is 1. The Kier molecular flexibility index (Phi) is 6.22. The van der Waals surface area contributed by atoms with Crippen molar-refractivity contribution in [3.05, 3.63) is 95.8 Å². The minimum absolute atomic E-state index is 0.0257. The lowest BCUT2D eigenvalue weighted by Crippen LogP contribution is -2.55. The summed E-state index contributed by atoms with van der Waals surface area (Å²) < 4.78 is 21.7. The van der Waals surface area contributed by atoms with E-state index >= 15 is 0 Å². The van der Waals surface area contributed by atoms with E-state index < -0.39 is 11.7 Å². The van der Waals surface area contributed by atoms with Gasteiger partial charge < -0.3 is 24.3 Å². The lowest BCUT2D eigenvalue weighted by Gasteiger charge is -2.42. The molecule has 2 amide bonds. The first-order chi connectivity index (χ1) is 20.4. The number of hydrogen-bond donors (Lipinski definition) is 1. The predicted octanol–water partition coefficient (Wildman–Crippen LogP) is 4.82. The molecule has 11 heteroatoms. The van der Waals surface area contributed by atoms with Gasteiger partial charge in [0.1, 0.15) is 12.1 Å². The molecule has 3 aromatic heterocycles. The molecule has 42 heavy (non-hydrogen) atoms. The Morgan fingerprint density at radius 1 is 1.14 bits per heavy atom. The SMILES string of the molecule is Cc1cn2cc(NC(=O)c3ccc(N4C[C@H]5C[C@@H]4C5N(C)C(=O)OCc4ccccc4)c4ccnnc34)cc(F)c2n1. The van der Waals surface area contributed by atoms with Crippen LogP contribution in [0, 0.1) is 18.7 Å². The smallest absolute Gasteiger partial charge is 0.410 e. The molecule has 3 aliphatic rings. The highest BCUT2D eigenvalue weighted by Gasteiger charge is 2.55. The first-order valence-corrected chi connectivity index (χ1v) is 13.8. The zero-order chi connectivity index (χ0) is 29.0. The van der Waals surface area contributed by atoms with Crippen LogP contribution in [0.4, 0.5) is 20.6 Å². The molecular formula is C31H28FN7O3. The zero-order valence-corrected chi connectivity index (χ0v) is 23.1. The summed E-state index contributed by atoms with van der Waals surface area (Å²) in [5, 5.41) is 11.9. The Morgan fingerprint density at radius 3 is 2.81 bits per heavy atom. The number of benzene rings is 2. The molecule has 3 fully saturated rings. The maximum atomic E-state index is 14.6. The Morgan fingerprint density at radius 2 is 1.98 bits per heavy atom. The van der Waals surface area contributed by atoms with Crippen molar-refractivity contribution in [2.24, 2.45) is 5.92 Å². The second kappa shape index (κ2) is 10.1. The molecule has 1 unspecified atom stereocenters. The maximum absolute atomic E-state index is 14.6. The number of hydrogen-bond acceptors (Lipinski definition) is 7. The van der Waals surface area contributed by atoms with E-state index in [0.29, 0.717) is 28.4 Å². The average molecular weight is 566 g/mol. The summed E-state index contributed by atoms with van der Waals surface area (Å²) in [5.74, 6) is -0.641. The van der Waals surface area contributed by atoms with Gasteiger partial charge in [0, 0.05) is 49.0 Å². The van der Waals surface area contributed by atoms with Crippen molar-refractivity contribution in [1.82, 2.24) is 24.5 Å². The van der Waals surface area contributed by atoms with E-state index in [1.807, 2.05) is 42.5 Å². The molecule has 5 aromatic rings. The topological polar surface area (TPSA) is 105 Å². The van der Waals surface area contributed by atoms with Crippen LogP contribution in [-0.2, 0) is 11.3 Å². The number of nitrogens with zero attached hydrogens (tertiary/aromatic N) is 6. The molecule has 2 aromatic carbocycles. The van der Waals surface area contributed by atoms with Gasteiger partial charge in [0.15, 0.2) is 11.5 Å². The fraction of sp³-hybridized carbons (Fsp3) is 0.258. The van der Waals surface area contributed by atoms with Crippen molar-refractivity contribution in [2.75, 3.05) is 23.8 Å². The van der Waals surface area contributed by atoms with E-state index in [0.717, 1.165) is 29.6 Å². The van der Waals surface area contributed by atoms with E-state index in [2.05, 4.69) is 25.4 Å². The van der Waals surface area contributed by atoms with Crippen molar-refractivity contribution < 1.29 is 18.7 Å². The van der Waals surface area contributed by atoms with Gasteiger partial charge in [-0.05, 0) is 37.1 Å². The molecule has 2 saturated heterocycles. The van der Waals surface area contributed by atoms with Crippen LogP contribution in [0.3, 0.4) is 0 Å². The second-order valence-corrected chi connectivity index (χ2v) is 10.9. The van der Waals surface area contributed by atoms with Gasteiger partial charge in [-0.2, -0.15) is 5.10 Å². The van der Waals surface area contributed by atoms with Gasteiger partial charge >= 0.3 is 6.09 Å². The Balaban J connectivity index is 1.11. The maximum Gasteiger partial charge on any atom is 0.410 e. The van der Waals surface area contributed by atoms with E-state index in [1.165, 1.54) is 6.07 Å². The predicted molar refractivity (Wildman–Crippen MR) is 155 cm³/mol. The first-order valence-electron chi connectivity index (χ1n) is 13.8. The largest absolute Gasteiger partial charge is 0.445 e. The highest BCUT2D eigenvalue weighted by molar-refractivity contribution is 6.13. The van der Waals surface area contributed by atoms with Crippen LogP contribution in [0.25, 0.3) is 16.6 Å². The summed E-state index contributed by atoms with van der Waals surface area (Å²) in [5.41, 5.74) is 3.82. The summed E-state index contributed by atoms with van der Waals surface area (Å²) in [6, 6.07) is 16.5. The third kappa shape index (κ3) is 4.37. The monoisotopic (exact) mass is 565 g/mol. The highest BCUT2D eigenvalue weighted by atomic mass is 19.1. The fourth-order valence-electron chi connectivity index (χ4n) is 6.33. The van der Waals surface area contributed by atoms with E-state index in [1.54, 1.807) is 47.9 Å². The molecule has 2 bridgehead atoms. The first kappa shape index (κ1) is 25.9. The minimum atomic E-state index is -0.530. The molecule has 0 spiro atoms. The van der Waals surface area contributed by atoms with Gasteiger partial charge in [0.05, 0.1) is 35.2 Å². The van der Waals surface area contributed by atoms with Crippen LogP contribution >= 0.6 is 0 Å². The van der Waals surface area contributed by atoms with E-state index in [4.69, 9.17) is 4.74 Å². The highest BCUT2D eigenvalue weighted by Crippen LogP contribution is 2.47. The lowest BCUT2D eigenvalue weighted by atomic mass is 9.79. The Labute approximate surface area is 240 Å². The van der Waals surface area contributed by atoms with Gasteiger partial charge in [-0.25, -0.2) is 14.2 Å². The van der Waals surface area contributed by atoms with E-state index in [9.17, 15) is 14.0 Å². The molecule has 2 aliphatic heterocycles. The van der Waals surface area contributed by atoms with Crippen molar-refractivity contribution in [1.29, 1.82) is 0 Å². The van der Waals surface area contributed by atoms with Crippen molar-refractivity contribution in [3.8, 4) is 0 Å². The number of pyridine rings is 1. The van der Waals surface area contributed by atoms with Crippen LogP contribution in [0.2, 0.25) is 0 Å². The fourth-order valence-corrected chi connectivity index (χ4v) is 6.33. The molecule has 10 nitrogen and oxygen atoms in total.